The highest BCUT2D eigenvalue weighted by atomic mass is 16.6. The topological polar surface area (TPSA) is 103 Å². The summed E-state index contributed by atoms with van der Waals surface area (Å²) in [6, 6.07) is 9.54. The van der Waals surface area contributed by atoms with Gasteiger partial charge in [0.05, 0.1) is 17.5 Å². The van der Waals surface area contributed by atoms with Gasteiger partial charge in [-0.1, -0.05) is 42.7 Å². The second-order valence-corrected chi connectivity index (χ2v) is 12.7. The molecule has 3 heterocycles. The molecule has 0 bridgehead atoms. The molecule has 204 valence electrons. The van der Waals surface area contributed by atoms with E-state index in [-0.39, 0.29) is 29.7 Å². The second kappa shape index (κ2) is 9.91. The largest absolute Gasteiger partial charge is 0.444 e. The van der Waals surface area contributed by atoms with Crippen LogP contribution >= 0.6 is 0 Å². The lowest BCUT2D eigenvalue weighted by atomic mass is 9.84. The van der Waals surface area contributed by atoms with Crippen LogP contribution in [0.1, 0.15) is 89.2 Å². The van der Waals surface area contributed by atoms with Crippen molar-refractivity contribution in [2.75, 3.05) is 6.54 Å². The van der Waals surface area contributed by atoms with Crippen LogP contribution in [0.5, 0.6) is 0 Å². The van der Waals surface area contributed by atoms with Crippen molar-refractivity contribution in [2.24, 2.45) is 5.92 Å². The number of amides is 3. The Morgan fingerprint density at radius 3 is 2.53 bits per heavy atom. The molecule has 0 unspecified atom stereocenters. The van der Waals surface area contributed by atoms with E-state index in [1.165, 1.54) is 0 Å². The van der Waals surface area contributed by atoms with Gasteiger partial charge in [-0.2, -0.15) is 5.26 Å². The third-order valence-corrected chi connectivity index (χ3v) is 8.85. The highest BCUT2D eigenvalue weighted by molar-refractivity contribution is 5.93. The molecule has 0 radical (unpaired) electrons. The minimum Gasteiger partial charge on any atom is -0.444 e. The predicted octanol–water partition coefficient (Wildman–Crippen LogP) is 4.42. The lowest BCUT2D eigenvalue weighted by Crippen LogP contribution is -2.58. The number of carbonyl (C=O) groups is 3. The molecule has 3 aliphatic heterocycles. The SMILES string of the molecule is Cc1cccc([C@H]2CN(C(=O)[C@@H]3CC[C@@H]4CCCC[C@H](NC(=O)OC(C)(C)C)C(=O)N43)C3(CC3)[C@@H]2C#N)c1. The van der Waals surface area contributed by atoms with Gasteiger partial charge in [0.15, 0.2) is 0 Å². The van der Waals surface area contributed by atoms with Crippen LogP contribution in [0.4, 0.5) is 4.79 Å². The van der Waals surface area contributed by atoms with Crippen molar-refractivity contribution in [3.05, 3.63) is 35.4 Å². The van der Waals surface area contributed by atoms with E-state index < -0.39 is 29.3 Å². The van der Waals surface area contributed by atoms with Crippen LogP contribution in [0.3, 0.4) is 0 Å². The number of aryl methyl sites for hydroxylation is 1. The van der Waals surface area contributed by atoms with Crippen LogP contribution in [0.15, 0.2) is 24.3 Å². The van der Waals surface area contributed by atoms with E-state index in [0.29, 0.717) is 19.4 Å². The third-order valence-electron chi connectivity index (χ3n) is 8.85. The van der Waals surface area contributed by atoms with E-state index >= 15 is 0 Å². The maximum Gasteiger partial charge on any atom is 0.408 e. The third kappa shape index (κ3) is 4.88. The van der Waals surface area contributed by atoms with E-state index in [4.69, 9.17) is 4.74 Å². The smallest absolute Gasteiger partial charge is 0.408 e. The molecule has 5 atom stereocenters. The number of nitrogens with zero attached hydrogens (tertiary/aromatic N) is 3. The summed E-state index contributed by atoms with van der Waals surface area (Å²) in [6.07, 6.45) is 5.63. The number of carbonyl (C=O) groups excluding carboxylic acids is 3. The van der Waals surface area contributed by atoms with Gasteiger partial charge in [0, 0.05) is 18.5 Å². The second-order valence-electron chi connectivity index (χ2n) is 12.7. The van der Waals surface area contributed by atoms with E-state index in [0.717, 1.165) is 49.7 Å². The Morgan fingerprint density at radius 2 is 1.87 bits per heavy atom. The fraction of sp³-hybridized carbons (Fsp3) is 0.667. The summed E-state index contributed by atoms with van der Waals surface area (Å²) in [5.74, 6) is -0.513. The molecule has 3 saturated heterocycles. The van der Waals surface area contributed by atoms with Gasteiger partial charge in [-0.05, 0) is 71.8 Å². The lowest BCUT2D eigenvalue weighted by Gasteiger charge is -2.37. The number of nitrogens with one attached hydrogen (secondary N) is 1. The van der Waals surface area contributed by atoms with E-state index in [9.17, 15) is 19.6 Å². The number of alkyl carbamates (subject to hydrolysis) is 1. The Hall–Kier alpha value is -3.08. The zero-order chi connectivity index (χ0) is 27.2. The molecule has 1 aromatic carbocycles. The van der Waals surface area contributed by atoms with Crippen molar-refractivity contribution in [1.29, 1.82) is 5.26 Å². The first-order chi connectivity index (χ1) is 18.0. The van der Waals surface area contributed by atoms with Crippen LogP contribution in [0.2, 0.25) is 0 Å². The number of hydrogen-bond acceptors (Lipinski definition) is 5. The van der Waals surface area contributed by atoms with E-state index in [1.807, 2.05) is 24.0 Å². The van der Waals surface area contributed by atoms with E-state index in [1.54, 1.807) is 25.7 Å². The Kier molecular flexibility index (Phi) is 6.91. The van der Waals surface area contributed by atoms with Gasteiger partial charge in [-0.3, -0.25) is 9.59 Å². The normalized spacial score (nSPS) is 30.3. The van der Waals surface area contributed by atoms with Crippen molar-refractivity contribution in [2.45, 2.75) is 114 Å². The first kappa shape index (κ1) is 26.5. The summed E-state index contributed by atoms with van der Waals surface area (Å²) in [5, 5.41) is 13.0. The zero-order valence-corrected chi connectivity index (χ0v) is 23.0. The Bertz CT molecular complexity index is 1150. The number of hydrogen-bond donors (Lipinski definition) is 1. The molecule has 8 heteroatoms. The summed E-state index contributed by atoms with van der Waals surface area (Å²) >= 11 is 0. The number of fused-ring (bicyclic) bond motifs is 1. The number of ether oxygens (including phenoxy) is 1. The number of rotatable bonds is 3. The number of likely N-dealkylation sites (tertiary alicyclic amines) is 1. The fourth-order valence-corrected chi connectivity index (χ4v) is 6.99. The molecule has 0 aromatic heterocycles. The fourth-order valence-electron chi connectivity index (χ4n) is 6.99. The zero-order valence-electron chi connectivity index (χ0n) is 23.0. The molecule has 1 aliphatic carbocycles. The molecule has 1 saturated carbocycles. The highest BCUT2D eigenvalue weighted by Gasteiger charge is 2.64. The van der Waals surface area contributed by atoms with Gasteiger partial charge in [0.25, 0.3) is 0 Å². The summed E-state index contributed by atoms with van der Waals surface area (Å²) < 4.78 is 5.42. The first-order valence-electron chi connectivity index (χ1n) is 14.1. The molecule has 4 aliphatic rings. The van der Waals surface area contributed by atoms with Crippen molar-refractivity contribution in [3.63, 3.8) is 0 Å². The summed E-state index contributed by atoms with van der Waals surface area (Å²) in [7, 11) is 0. The Balaban J connectivity index is 1.38. The Morgan fingerprint density at radius 1 is 1.13 bits per heavy atom. The van der Waals surface area contributed by atoms with E-state index in [2.05, 4.69) is 23.5 Å². The van der Waals surface area contributed by atoms with Crippen LogP contribution in [-0.2, 0) is 14.3 Å². The van der Waals surface area contributed by atoms with Crippen molar-refractivity contribution in [1.82, 2.24) is 15.1 Å². The molecule has 38 heavy (non-hydrogen) atoms. The lowest BCUT2D eigenvalue weighted by molar-refractivity contribution is -0.148. The highest BCUT2D eigenvalue weighted by Crippen LogP contribution is 2.58. The quantitative estimate of drug-likeness (QED) is 0.636. The number of nitriles is 1. The summed E-state index contributed by atoms with van der Waals surface area (Å²) in [6.45, 7) is 7.92. The molecular formula is C30H40N4O4. The van der Waals surface area contributed by atoms with Gasteiger partial charge in [0.2, 0.25) is 11.8 Å². The van der Waals surface area contributed by atoms with Crippen molar-refractivity contribution >= 4 is 17.9 Å². The minimum atomic E-state index is -0.707. The summed E-state index contributed by atoms with van der Waals surface area (Å²) in [5.41, 5.74) is 1.15. The maximum atomic E-state index is 14.2. The Labute approximate surface area is 225 Å². The van der Waals surface area contributed by atoms with Crippen molar-refractivity contribution in [3.8, 4) is 6.07 Å². The first-order valence-corrected chi connectivity index (χ1v) is 14.1. The predicted molar refractivity (Wildman–Crippen MR) is 142 cm³/mol. The average molecular weight is 521 g/mol. The van der Waals surface area contributed by atoms with Crippen LogP contribution in [0, 0.1) is 24.2 Å². The molecular weight excluding hydrogens is 480 g/mol. The molecule has 8 nitrogen and oxygen atoms in total. The van der Waals surface area contributed by atoms with Gasteiger partial charge in [-0.15, -0.1) is 0 Å². The molecule has 1 spiro atoms. The van der Waals surface area contributed by atoms with Gasteiger partial charge >= 0.3 is 6.09 Å². The van der Waals surface area contributed by atoms with Crippen LogP contribution in [-0.4, -0.2) is 63.5 Å². The minimum absolute atomic E-state index is 0.00298. The molecule has 1 N–H and O–H groups in total. The number of benzene rings is 1. The van der Waals surface area contributed by atoms with Crippen molar-refractivity contribution < 1.29 is 19.1 Å². The van der Waals surface area contributed by atoms with Gasteiger partial charge < -0.3 is 19.9 Å². The molecule has 5 rings (SSSR count). The monoisotopic (exact) mass is 520 g/mol. The maximum absolute atomic E-state index is 14.2. The van der Waals surface area contributed by atoms with Crippen LogP contribution < -0.4 is 5.32 Å². The standard InChI is InChI=1S/C30H40N4O4/c1-19-8-7-9-20(16-19)22-18-33(30(14-15-30)23(22)17-31)27(36)25-13-12-21-10-5-6-11-24(26(35)34(21)25)32-28(37)38-29(2,3)4/h7-9,16,21-25H,5-6,10-15,18H2,1-4H3,(H,32,37)/t21-,22+,23+,24-,25-/m0/s1. The summed E-state index contributed by atoms with van der Waals surface area (Å²) in [4.78, 5) is 44.4. The molecule has 3 amide bonds. The average Bonchev–Trinajstić information content (AvgIpc) is 3.40. The van der Waals surface area contributed by atoms with Gasteiger partial charge in [0.1, 0.15) is 17.7 Å². The van der Waals surface area contributed by atoms with Gasteiger partial charge in [-0.25, -0.2) is 4.79 Å². The molecule has 4 fully saturated rings. The molecule has 1 aromatic rings. The van der Waals surface area contributed by atoms with Crippen LogP contribution in [0.25, 0.3) is 0 Å².